The van der Waals surface area contributed by atoms with Gasteiger partial charge in [-0.05, 0) is 32.4 Å². The fraction of sp³-hybridized carbons (Fsp3) is 0.462. The van der Waals surface area contributed by atoms with E-state index in [-0.39, 0.29) is 0 Å². The normalized spacial score (nSPS) is 10.5. The number of aryl methyl sites for hydroxylation is 1. The van der Waals surface area contributed by atoms with Crippen molar-refractivity contribution in [3.8, 4) is 0 Å². The molecule has 6 heteroatoms. The van der Waals surface area contributed by atoms with Gasteiger partial charge < -0.3 is 10.2 Å². The third-order valence-electron chi connectivity index (χ3n) is 2.87. The molecule has 1 N–H and O–H groups in total. The SMILES string of the molecule is CCN(CC)c1ccc(CNc2nc(C)ns2)cn1. The first-order valence-electron chi connectivity index (χ1n) is 6.47. The Kier molecular flexibility index (Phi) is 4.68. The third kappa shape index (κ3) is 3.64. The van der Waals surface area contributed by atoms with Gasteiger partial charge in [-0.2, -0.15) is 4.37 Å². The molecule has 0 aromatic carbocycles. The van der Waals surface area contributed by atoms with E-state index < -0.39 is 0 Å². The first-order chi connectivity index (χ1) is 9.22. The van der Waals surface area contributed by atoms with Gasteiger partial charge in [0.25, 0.3) is 0 Å². The zero-order valence-corrected chi connectivity index (χ0v) is 12.4. The van der Waals surface area contributed by atoms with Crippen LogP contribution in [0.2, 0.25) is 0 Å². The van der Waals surface area contributed by atoms with E-state index in [4.69, 9.17) is 0 Å². The highest BCUT2D eigenvalue weighted by Crippen LogP contribution is 2.14. The number of pyridine rings is 1. The average molecular weight is 277 g/mol. The summed E-state index contributed by atoms with van der Waals surface area (Å²) in [5.74, 6) is 1.84. The number of anilines is 2. The maximum atomic E-state index is 4.49. The number of nitrogens with one attached hydrogen (secondary N) is 1. The van der Waals surface area contributed by atoms with Crippen molar-refractivity contribution >= 4 is 22.5 Å². The van der Waals surface area contributed by atoms with Crippen LogP contribution in [0.4, 0.5) is 10.9 Å². The molecule has 0 amide bonds. The monoisotopic (exact) mass is 277 g/mol. The molecule has 0 saturated heterocycles. The predicted octanol–water partition coefficient (Wildman–Crippen LogP) is 2.70. The summed E-state index contributed by atoms with van der Waals surface area (Å²) in [6.07, 6.45) is 1.91. The number of rotatable bonds is 6. The van der Waals surface area contributed by atoms with Crippen molar-refractivity contribution in [3.05, 3.63) is 29.7 Å². The Balaban J connectivity index is 1.95. The molecular formula is C13H19N5S. The molecule has 0 fully saturated rings. The van der Waals surface area contributed by atoms with Crippen molar-refractivity contribution in [1.29, 1.82) is 0 Å². The van der Waals surface area contributed by atoms with Gasteiger partial charge in [0.15, 0.2) is 0 Å². The van der Waals surface area contributed by atoms with Gasteiger partial charge in [0.2, 0.25) is 5.13 Å². The Morgan fingerprint density at radius 1 is 1.26 bits per heavy atom. The molecule has 2 aromatic rings. The smallest absolute Gasteiger partial charge is 0.202 e. The van der Waals surface area contributed by atoms with Crippen LogP contribution < -0.4 is 10.2 Å². The molecule has 0 aliphatic carbocycles. The van der Waals surface area contributed by atoms with Gasteiger partial charge in [0.05, 0.1) is 0 Å². The second-order valence-corrected chi connectivity index (χ2v) is 4.95. The molecule has 5 nitrogen and oxygen atoms in total. The summed E-state index contributed by atoms with van der Waals surface area (Å²) in [6.45, 7) is 8.84. The second kappa shape index (κ2) is 6.47. The topological polar surface area (TPSA) is 53.9 Å². The molecular weight excluding hydrogens is 258 g/mol. The molecule has 0 atom stereocenters. The van der Waals surface area contributed by atoms with Crippen LogP contribution >= 0.6 is 11.5 Å². The van der Waals surface area contributed by atoms with Gasteiger partial charge in [-0.3, -0.25) is 0 Å². The molecule has 0 radical (unpaired) electrons. The summed E-state index contributed by atoms with van der Waals surface area (Å²) < 4.78 is 4.13. The molecule has 2 heterocycles. The Bertz CT molecular complexity index is 504. The number of hydrogen-bond acceptors (Lipinski definition) is 6. The summed E-state index contributed by atoms with van der Waals surface area (Å²) >= 11 is 1.38. The van der Waals surface area contributed by atoms with Gasteiger partial charge in [-0.25, -0.2) is 9.97 Å². The quantitative estimate of drug-likeness (QED) is 0.880. The van der Waals surface area contributed by atoms with Crippen LogP contribution in [0.3, 0.4) is 0 Å². The maximum absolute atomic E-state index is 4.49. The van der Waals surface area contributed by atoms with Crippen LogP contribution in [0.25, 0.3) is 0 Å². The molecule has 2 aromatic heterocycles. The maximum Gasteiger partial charge on any atom is 0.202 e. The van der Waals surface area contributed by atoms with E-state index in [1.54, 1.807) is 0 Å². The molecule has 0 aliphatic heterocycles. The van der Waals surface area contributed by atoms with Gasteiger partial charge in [-0.15, -0.1) is 0 Å². The van der Waals surface area contributed by atoms with Crippen molar-refractivity contribution in [2.24, 2.45) is 0 Å². The fourth-order valence-corrected chi connectivity index (χ4v) is 2.37. The van der Waals surface area contributed by atoms with Gasteiger partial charge >= 0.3 is 0 Å². The Morgan fingerprint density at radius 2 is 2.05 bits per heavy atom. The first kappa shape index (κ1) is 13.7. The summed E-state index contributed by atoms with van der Waals surface area (Å²) in [6, 6.07) is 4.16. The Morgan fingerprint density at radius 3 is 2.58 bits per heavy atom. The van der Waals surface area contributed by atoms with Crippen molar-refractivity contribution < 1.29 is 0 Å². The van der Waals surface area contributed by atoms with E-state index in [1.807, 2.05) is 13.1 Å². The molecule has 0 bridgehead atoms. The van der Waals surface area contributed by atoms with Gasteiger partial charge in [0, 0.05) is 37.4 Å². The highest BCUT2D eigenvalue weighted by Gasteiger charge is 2.04. The molecule has 2 rings (SSSR count). The predicted molar refractivity (Wildman–Crippen MR) is 79.8 cm³/mol. The van der Waals surface area contributed by atoms with E-state index in [1.165, 1.54) is 11.5 Å². The largest absolute Gasteiger partial charge is 0.357 e. The lowest BCUT2D eigenvalue weighted by atomic mass is 10.3. The summed E-state index contributed by atoms with van der Waals surface area (Å²) in [5, 5.41) is 4.10. The lowest BCUT2D eigenvalue weighted by Crippen LogP contribution is -2.22. The minimum absolute atomic E-state index is 0.722. The summed E-state index contributed by atoms with van der Waals surface area (Å²) in [4.78, 5) is 11.0. The average Bonchev–Trinajstić information content (AvgIpc) is 2.85. The number of hydrogen-bond donors (Lipinski definition) is 1. The van der Waals surface area contributed by atoms with Gasteiger partial charge in [-0.1, -0.05) is 6.07 Å². The molecule has 102 valence electrons. The van der Waals surface area contributed by atoms with Crippen LogP contribution in [0, 0.1) is 6.92 Å². The van der Waals surface area contributed by atoms with Crippen molar-refractivity contribution in [1.82, 2.24) is 14.3 Å². The van der Waals surface area contributed by atoms with Crippen molar-refractivity contribution in [2.45, 2.75) is 27.3 Å². The zero-order valence-electron chi connectivity index (χ0n) is 11.6. The van der Waals surface area contributed by atoms with E-state index in [0.29, 0.717) is 0 Å². The van der Waals surface area contributed by atoms with Crippen molar-refractivity contribution in [2.75, 3.05) is 23.3 Å². The van der Waals surface area contributed by atoms with E-state index in [9.17, 15) is 0 Å². The third-order valence-corrected chi connectivity index (χ3v) is 3.63. The minimum atomic E-state index is 0.722. The van der Waals surface area contributed by atoms with Crippen LogP contribution in [-0.4, -0.2) is 27.4 Å². The second-order valence-electron chi connectivity index (χ2n) is 4.20. The molecule has 0 spiro atoms. The highest BCUT2D eigenvalue weighted by molar-refractivity contribution is 7.09. The minimum Gasteiger partial charge on any atom is -0.357 e. The lowest BCUT2D eigenvalue weighted by molar-refractivity contribution is 0.844. The Hall–Kier alpha value is -1.69. The van der Waals surface area contributed by atoms with Crippen LogP contribution in [0.15, 0.2) is 18.3 Å². The zero-order chi connectivity index (χ0) is 13.7. The van der Waals surface area contributed by atoms with Crippen LogP contribution in [0.1, 0.15) is 25.2 Å². The van der Waals surface area contributed by atoms with Crippen molar-refractivity contribution in [3.63, 3.8) is 0 Å². The number of aromatic nitrogens is 3. The number of nitrogens with zero attached hydrogens (tertiary/aromatic N) is 4. The summed E-state index contributed by atoms with van der Waals surface area (Å²) in [5.41, 5.74) is 1.14. The standard InChI is InChI=1S/C13H19N5S/c1-4-18(5-2)12-7-6-11(8-14-12)9-15-13-16-10(3)17-19-13/h6-8H,4-5,9H2,1-3H3,(H,15,16,17). The van der Waals surface area contributed by atoms with Gasteiger partial charge in [0.1, 0.15) is 11.6 Å². The Labute approximate surface area is 117 Å². The molecule has 19 heavy (non-hydrogen) atoms. The molecule has 0 unspecified atom stereocenters. The fourth-order valence-electron chi connectivity index (χ4n) is 1.80. The van der Waals surface area contributed by atoms with Crippen LogP contribution in [-0.2, 0) is 6.54 Å². The van der Waals surface area contributed by atoms with Crippen LogP contribution in [0.5, 0.6) is 0 Å². The van der Waals surface area contributed by atoms with E-state index in [2.05, 4.69) is 50.5 Å². The van der Waals surface area contributed by atoms with E-state index in [0.717, 1.165) is 42.0 Å². The molecule has 0 aliphatic rings. The van der Waals surface area contributed by atoms with E-state index >= 15 is 0 Å². The highest BCUT2D eigenvalue weighted by atomic mass is 32.1. The first-order valence-corrected chi connectivity index (χ1v) is 7.24. The lowest BCUT2D eigenvalue weighted by Gasteiger charge is -2.19. The molecule has 0 saturated carbocycles. The summed E-state index contributed by atoms with van der Waals surface area (Å²) in [7, 11) is 0.